The van der Waals surface area contributed by atoms with Gasteiger partial charge in [0.1, 0.15) is 43.4 Å². The van der Waals surface area contributed by atoms with E-state index < -0.39 is 12.2 Å². The molecule has 1 aliphatic rings. The van der Waals surface area contributed by atoms with Crippen LogP contribution in [0.3, 0.4) is 0 Å². The molecule has 1 aliphatic carbocycles. The Kier molecular flexibility index (Phi) is 9.21. The van der Waals surface area contributed by atoms with E-state index in [1.807, 2.05) is 41.1 Å². The predicted molar refractivity (Wildman–Crippen MR) is 168 cm³/mol. The lowest BCUT2D eigenvalue weighted by Crippen LogP contribution is -2.39. The molecule has 0 N–H and O–H groups in total. The molecule has 14 heteroatoms. The summed E-state index contributed by atoms with van der Waals surface area (Å²) in [6.45, 7) is 1.12. The highest BCUT2D eigenvalue weighted by molar-refractivity contribution is 7.80. The first kappa shape index (κ1) is 29.8. The number of fused-ring (bicyclic) bond motifs is 1. The first-order valence-electron chi connectivity index (χ1n) is 13.9. The summed E-state index contributed by atoms with van der Waals surface area (Å²) in [7, 11) is 3.25. The second kappa shape index (κ2) is 13.6. The molecule has 0 unspecified atom stereocenters. The Hall–Kier alpha value is -4.24. The Labute approximate surface area is 264 Å². The van der Waals surface area contributed by atoms with Gasteiger partial charge in [0.25, 0.3) is 10.3 Å². The number of hydrogen-bond acceptors (Lipinski definition) is 11. The fourth-order valence-electron chi connectivity index (χ4n) is 5.66. The van der Waals surface area contributed by atoms with Crippen LogP contribution in [0, 0.1) is 5.92 Å². The Bertz CT molecular complexity index is 1700. The van der Waals surface area contributed by atoms with Crippen molar-refractivity contribution >= 4 is 45.8 Å². The molecule has 0 saturated heterocycles. The Balaban J connectivity index is 1.38. The van der Waals surface area contributed by atoms with E-state index >= 15 is 0 Å². The topological polar surface area (TPSA) is 113 Å². The normalized spacial score (nSPS) is 19.7. The quantitative estimate of drug-likeness (QED) is 0.206. The second-order valence-electron chi connectivity index (χ2n) is 10.3. The molecule has 12 nitrogen and oxygen atoms in total. The molecule has 0 spiro atoms. The minimum absolute atomic E-state index is 0.0847. The van der Waals surface area contributed by atoms with E-state index in [9.17, 15) is 0 Å². The van der Waals surface area contributed by atoms with Gasteiger partial charge in [-0.05, 0) is 36.4 Å². The summed E-state index contributed by atoms with van der Waals surface area (Å²) < 4.78 is 35.7. The molecule has 0 aliphatic heterocycles. The molecular weight excluding hydrogens is 603 g/mol. The fraction of sp³-hybridized carbons (Fsp3) is 0.333. The molecule has 4 heterocycles. The van der Waals surface area contributed by atoms with Gasteiger partial charge in [0.2, 0.25) is 5.88 Å². The maximum atomic E-state index is 6.56. The summed E-state index contributed by atoms with van der Waals surface area (Å²) in [6, 6.07) is 10.0. The molecule has 44 heavy (non-hydrogen) atoms. The van der Waals surface area contributed by atoms with Crippen molar-refractivity contribution in [2.24, 2.45) is 5.92 Å². The van der Waals surface area contributed by atoms with Gasteiger partial charge in [-0.2, -0.15) is 4.98 Å². The molecule has 0 bridgehead atoms. The third-order valence-corrected chi connectivity index (χ3v) is 8.22. The number of methoxy groups -OCH3 is 2. The van der Waals surface area contributed by atoms with Gasteiger partial charge < -0.3 is 28.3 Å². The Morgan fingerprint density at radius 3 is 2.27 bits per heavy atom. The lowest BCUT2D eigenvalue weighted by atomic mass is 9.96. The van der Waals surface area contributed by atoms with Crippen LogP contribution >= 0.6 is 24.4 Å². The van der Waals surface area contributed by atoms with Crippen molar-refractivity contribution in [1.82, 2.24) is 33.6 Å². The second-order valence-corrected chi connectivity index (χ2v) is 11.0. The molecule has 1 aromatic carbocycles. The molecule has 4 aromatic heterocycles. The van der Waals surface area contributed by atoms with E-state index in [4.69, 9.17) is 53.1 Å². The first-order chi connectivity index (χ1) is 21.6. The van der Waals surface area contributed by atoms with Crippen molar-refractivity contribution in [2.45, 2.75) is 37.9 Å². The van der Waals surface area contributed by atoms with E-state index in [0.717, 1.165) is 22.2 Å². The molecule has 0 radical (unpaired) electrons. The van der Waals surface area contributed by atoms with Crippen molar-refractivity contribution < 1.29 is 23.7 Å². The molecule has 1 saturated carbocycles. The number of thiocarbonyl (C=S) groups is 2. The van der Waals surface area contributed by atoms with Crippen molar-refractivity contribution in [1.29, 1.82) is 0 Å². The standard InChI is InChI=1S/C30H31N7O5S2/c1-38-15-21-12-22(27(42-30(44)36-11-9-32-18-36)26(21)41-29(43)35-10-8-31-17-35)23-13-37(19-40-14-20-6-4-3-5-7-20)25-24(23)33-16-34-28(25)39-2/h3-11,13,16-18,21-22,26-27H,12,14-15,19H2,1-2H3/t21-,22+,26-,27+/m1/s1. The number of nitrogens with zero attached hydrogens (tertiary/aromatic N) is 7. The van der Waals surface area contributed by atoms with Crippen LogP contribution in [0.5, 0.6) is 5.88 Å². The first-order valence-corrected chi connectivity index (χ1v) is 14.7. The zero-order chi connectivity index (χ0) is 30.5. The number of imidazole rings is 2. The van der Waals surface area contributed by atoms with Crippen LogP contribution in [0.2, 0.25) is 0 Å². The van der Waals surface area contributed by atoms with Gasteiger partial charge in [-0.15, -0.1) is 0 Å². The van der Waals surface area contributed by atoms with Gasteiger partial charge in [-0.3, -0.25) is 9.13 Å². The molecule has 6 rings (SSSR count). The smallest absolute Gasteiger partial charge is 0.269 e. The molecule has 4 atom stereocenters. The van der Waals surface area contributed by atoms with Gasteiger partial charge in [-0.1, -0.05) is 30.3 Å². The maximum absolute atomic E-state index is 6.56. The molecule has 0 amide bonds. The van der Waals surface area contributed by atoms with E-state index in [2.05, 4.69) is 15.0 Å². The third kappa shape index (κ3) is 6.19. The van der Waals surface area contributed by atoms with Crippen molar-refractivity contribution in [3.8, 4) is 5.88 Å². The third-order valence-electron chi connectivity index (χ3n) is 7.61. The predicted octanol–water partition coefficient (Wildman–Crippen LogP) is 4.19. The summed E-state index contributed by atoms with van der Waals surface area (Å²) in [5.74, 6) is 0.139. The van der Waals surface area contributed by atoms with Crippen molar-refractivity contribution in [2.75, 3.05) is 20.8 Å². The maximum Gasteiger partial charge on any atom is 0.269 e. The fourth-order valence-corrected chi connectivity index (χ4v) is 6.10. The van der Waals surface area contributed by atoms with Gasteiger partial charge in [0.05, 0.1) is 25.8 Å². The highest BCUT2D eigenvalue weighted by atomic mass is 32.1. The zero-order valence-electron chi connectivity index (χ0n) is 24.1. The largest absolute Gasteiger partial charge is 0.479 e. The monoisotopic (exact) mass is 633 g/mol. The number of aromatic nitrogens is 7. The molecule has 1 fully saturated rings. The van der Waals surface area contributed by atoms with Crippen molar-refractivity contribution in [3.05, 3.63) is 91.4 Å². The summed E-state index contributed by atoms with van der Waals surface area (Å²) in [5, 5.41) is 0.483. The Morgan fingerprint density at radius 1 is 0.932 bits per heavy atom. The van der Waals surface area contributed by atoms with Crippen LogP contribution in [-0.2, 0) is 32.3 Å². The van der Waals surface area contributed by atoms with E-state index in [-0.39, 0.29) is 28.9 Å². The van der Waals surface area contributed by atoms with E-state index in [1.165, 1.54) is 6.33 Å². The van der Waals surface area contributed by atoms with Gasteiger partial charge >= 0.3 is 0 Å². The summed E-state index contributed by atoms with van der Waals surface area (Å²) in [4.78, 5) is 17.3. The van der Waals surface area contributed by atoms with Crippen LogP contribution in [0.15, 0.2) is 80.3 Å². The van der Waals surface area contributed by atoms with Crippen LogP contribution in [-0.4, -0.2) is 77.0 Å². The van der Waals surface area contributed by atoms with Gasteiger partial charge in [0.15, 0.2) is 0 Å². The average molecular weight is 634 g/mol. The molecule has 5 aromatic rings. The van der Waals surface area contributed by atoms with Crippen LogP contribution in [0.1, 0.15) is 23.5 Å². The number of ether oxygens (including phenoxy) is 5. The van der Waals surface area contributed by atoms with Crippen LogP contribution in [0.4, 0.5) is 0 Å². The average Bonchev–Trinajstić information content (AvgIpc) is 3.86. The minimum atomic E-state index is -0.559. The molecular formula is C30H31N7O5S2. The van der Waals surface area contributed by atoms with E-state index in [0.29, 0.717) is 25.5 Å². The van der Waals surface area contributed by atoms with Crippen LogP contribution < -0.4 is 4.74 Å². The van der Waals surface area contributed by atoms with E-state index in [1.54, 1.807) is 60.8 Å². The SMILES string of the molecule is COC[C@H]1C[C@@H](c2cn(COCc3ccccc3)c3c(OC)ncnc23)[C@H](OC(=S)n2ccnc2)[C@@H]1OC(=S)n1ccnc1. The number of benzene rings is 1. The summed E-state index contributed by atoms with van der Waals surface area (Å²) in [5.41, 5.74) is 3.43. The zero-order valence-corrected chi connectivity index (χ0v) is 25.8. The van der Waals surface area contributed by atoms with Crippen LogP contribution in [0.25, 0.3) is 11.0 Å². The Morgan fingerprint density at radius 2 is 1.64 bits per heavy atom. The highest BCUT2D eigenvalue weighted by Crippen LogP contribution is 2.45. The number of hydrogen-bond donors (Lipinski definition) is 0. The number of rotatable bonds is 10. The van der Waals surface area contributed by atoms with Crippen molar-refractivity contribution in [3.63, 3.8) is 0 Å². The van der Waals surface area contributed by atoms with Gasteiger partial charge in [-0.25, -0.2) is 15.0 Å². The highest BCUT2D eigenvalue weighted by Gasteiger charge is 2.49. The van der Waals surface area contributed by atoms with Gasteiger partial charge in [0, 0.05) is 55.5 Å². The summed E-state index contributed by atoms with van der Waals surface area (Å²) in [6.07, 6.45) is 13.1. The lowest BCUT2D eigenvalue weighted by molar-refractivity contribution is 0.0107. The summed E-state index contributed by atoms with van der Waals surface area (Å²) >= 11 is 11.4. The minimum Gasteiger partial charge on any atom is -0.479 e. The molecule has 228 valence electrons. The lowest BCUT2D eigenvalue weighted by Gasteiger charge is -2.28.